The Morgan fingerprint density at radius 3 is 2.43 bits per heavy atom. The summed E-state index contributed by atoms with van der Waals surface area (Å²) >= 11 is 0. The minimum absolute atomic E-state index is 0.137. The molecule has 4 heterocycles. The summed E-state index contributed by atoms with van der Waals surface area (Å²) in [7, 11) is -2.38. The zero-order chi connectivity index (χ0) is 35.9. The molecule has 12 heteroatoms. The number of morpholine rings is 1. The fourth-order valence-electron chi connectivity index (χ4n) is 8.90. The van der Waals surface area contributed by atoms with E-state index < -0.39 is 21.5 Å². The minimum Gasteiger partial charge on any atom is -0.497 e. The number of aromatic nitrogens is 1. The first kappa shape index (κ1) is 35.9. The molecule has 1 aromatic heterocycles. The van der Waals surface area contributed by atoms with E-state index in [1.807, 2.05) is 32.0 Å². The maximum absolute atomic E-state index is 14.5. The summed E-state index contributed by atoms with van der Waals surface area (Å²) < 4.78 is 43.1. The molecule has 1 atom stereocenters. The Hall–Kier alpha value is -3.45. The van der Waals surface area contributed by atoms with Gasteiger partial charge in [-0.05, 0) is 100 Å². The van der Waals surface area contributed by atoms with Crippen LogP contribution in [0, 0.1) is 12.3 Å². The molecule has 2 aromatic carbocycles. The lowest BCUT2D eigenvalue weighted by atomic mass is 9.81. The second-order valence-electron chi connectivity index (χ2n) is 15.5. The first-order chi connectivity index (χ1) is 24.5. The van der Waals surface area contributed by atoms with Crippen LogP contribution >= 0.6 is 0 Å². The Bertz CT molecular complexity index is 1890. The summed E-state index contributed by atoms with van der Waals surface area (Å²) in [6.45, 7) is 11.0. The molecule has 0 spiro atoms. The van der Waals surface area contributed by atoms with Gasteiger partial charge in [-0.25, -0.2) is 4.72 Å². The highest BCUT2D eigenvalue weighted by atomic mass is 32.2. The van der Waals surface area contributed by atoms with Gasteiger partial charge in [-0.1, -0.05) is 25.3 Å². The molecule has 3 saturated heterocycles. The molecule has 0 unspecified atom stereocenters. The third kappa shape index (κ3) is 7.17. The summed E-state index contributed by atoms with van der Waals surface area (Å²) in [6, 6.07) is 12.1. The number of aryl methyl sites for hydroxylation is 1. The fraction of sp³-hybridized carbons (Fsp3) is 0.590. The summed E-state index contributed by atoms with van der Waals surface area (Å²) in [5.41, 5.74) is 4.77. The van der Waals surface area contributed by atoms with Crippen LogP contribution in [0.2, 0.25) is 0 Å². The first-order valence-electron chi connectivity index (χ1n) is 18.7. The summed E-state index contributed by atoms with van der Waals surface area (Å²) in [5.74, 6) is 0.551. The predicted molar refractivity (Wildman–Crippen MR) is 198 cm³/mol. The number of methoxy groups -OCH3 is 1. The van der Waals surface area contributed by atoms with Gasteiger partial charge in [0, 0.05) is 67.3 Å². The van der Waals surface area contributed by atoms with Crippen LogP contribution in [0.3, 0.4) is 0 Å². The molecule has 1 N–H and O–H groups in total. The molecule has 2 amide bonds. The molecule has 7 rings (SSSR count). The average molecular weight is 720 g/mol. The van der Waals surface area contributed by atoms with Crippen molar-refractivity contribution in [3.63, 3.8) is 0 Å². The third-order valence-corrected chi connectivity index (χ3v) is 13.1. The number of benzene rings is 2. The average Bonchev–Trinajstić information content (AvgIpc) is 3.73. The number of nitrogens with one attached hydrogen (secondary N) is 1. The second kappa shape index (κ2) is 14.5. The molecule has 276 valence electrons. The molecule has 0 bridgehead atoms. The van der Waals surface area contributed by atoms with Crippen molar-refractivity contribution in [2.75, 3.05) is 59.6 Å². The van der Waals surface area contributed by atoms with Crippen molar-refractivity contribution in [3.05, 3.63) is 53.1 Å². The van der Waals surface area contributed by atoms with E-state index in [0.29, 0.717) is 18.5 Å². The Kier molecular flexibility index (Phi) is 10.2. The topological polar surface area (TPSA) is 113 Å². The van der Waals surface area contributed by atoms with Crippen molar-refractivity contribution < 1.29 is 27.5 Å². The Morgan fingerprint density at radius 1 is 0.941 bits per heavy atom. The van der Waals surface area contributed by atoms with Gasteiger partial charge in [0.2, 0.25) is 5.91 Å². The number of hydrogen-bond acceptors (Lipinski definition) is 7. The van der Waals surface area contributed by atoms with Gasteiger partial charge in [0.25, 0.3) is 5.91 Å². The van der Waals surface area contributed by atoms with E-state index in [4.69, 9.17) is 9.47 Å². The highest BCUT2D eigenvalue weighted by Gasteiger charge is 2.40. The number of rotatable bonds is 9. The minimum atomic E-state index is -4.05. The zero-order valence-corrected chi connectivity index (χ0v) is 31.4. The fourth-order valence-corrected chi connectivity index (χ4v) is 10.0. The van der Waals surface area contributed by atoms with E-state index in [9.17, 15) is 18.0 Å². The molecule has 1 saturated carbocycles. The van der Waals surface area contributed by atoms with Crippen LogP contribution in [0.1, 0.15) is 86.2 Å². The van der Waals surface area contributed by atoms with Crippen molar-refractivity contribution in [2.24, 2.45) is 5.41 Å². The Balaban J connectivity index is 1.34. The zero-order valence-electron chi connectivity index (χ0n) is 30.6. The number of fused-ring (bicyclic) bond motifs is 2. The van der Waals surface area contributed by atoms with E-state index >= 15 is 0 Å². The van der Waals surface area contributed by atoms with Crippen LogP contribution in [-0.2, 0) is 26.3 Å². The Labute approximate surface area is 302 Å². The standard InChI is InChI=1S/C39H53N5O6S/c1-27-23-31(49-4)13-15-32(27)36-35(28-9-6-5-7-10-28)33-14-12-29(37(45)40-51(47,48)43-19-21-50-22-20-43)24-34(33)44(36)26-39(2,3)38(46)42-18-17-41-16-8-11-30(41)25-42/h12-15,23-24,28,30H,5-11,16-22,25-26H2,1-4H3,(H,40,45)/t30-/m0/s1. The molecule has 4 fully saturated rings. The summed E-state index contributed by atoms with van der Waals surface area (Å²) in [5, 5.41) is 1.04. The van der Waals surface area contributed by atoms with Crippen LogP contribution in [0.5, 0.6) is 5.75 Å². The lowest BCUT2D eigenvalue weighted by Gasteiger charge is -2.41. The van der Waals surface area contributed by atoms with Gasteiger partial charge >= 0.3 is 10.2 Å². The normalized spacial score (nSPS) is 21.2. The summed E-state index contributed by atoms with van der Waals surface area (Å²) in [4.78, 5) is 32.8. The molecule has 0 radical (unpaired) electrons. The molecule has 3 aromatic rings. The second-order valence-corrected chi connectivity index (χ2v) is 17.2. The van der Waals surface area contributed by atoms with Crippen LogP contribution in [0.15, 0.2) is 36.4 Å². The van der Waals surface area contributed by atoms with Crippen molar-refractivity contribution in [1.82, 2.24) is 23.4 Å². The third-order valence-electron chi connectivity index (χ3n) is 11.6. The van der Waals surface area contributed by atoms with Crippen LogP contribution in [0.25, 0.3) is 22.2 Å². The van der Waals surface area contributed by atoms with Crippen molar-refractivity contribution in [3.8, 4) is 17.0 Å². The molecule has 51 heavy (non-hydrogen) atoms. The van der Waals surface area contributed by atoms with E-state index in [0.717, 1.165) is 91.8 Å². The molecule has 1 aliphatic carbocycles. The summed E-state index contributed by atoms with van der Waals surface area (Å²) in [6.07, 6.45) is 7.95. The quantitative estimate of drug-likeness (QED) is 0.319. The monoisotopic (exact) mass is 719 g/mol. The van der Waals surface area contributed by atoms with Crippen LogP contribution in [-0.4, -0.2) is 105 Å². The van der Waals surface area contributed by atoms with Crippen LogP contribution in [0.4, 0.5) is 0 Å². The van der Waals surface area contributed by atoms with E-state index in [2.05, 4.69) is 38.1 Å². The largest absolute Gasteiger partial charge is 0.497 e. The van der Waals surface area contributed by atoms with Gasteiger partial charge in [0.15, 0.2) is 0 Å². The lowest BCUT2D eigenvalue weighted by Crippen LogP contribution is -2.55. The van der Waals surface area contributed by atoms with Crippen molar-refractivity contribution in [1.29, 1.82) is 0 Å². The van der Waals surface area contributed by atoms with Crippen molar-refractivity contribution >= 4 is 32.9 Å². The molecular weight excluding hydrogens is 667 g/mol. The molecule has 3 aliphatic heterocycles. The first-order valence-corrected chi connectivity index (χ1v) is 20.2. The number of nitrogens with zero attached hydrogens (tertiary/aromatic N) is 4. The van der Waals surface area contributed by atoms with Gasteiger partial charge in [-0.3, -0.25) is 14.5 Å². The molecule has 11 nitrogen and oxygen atoms in total. The highest BCUT2D eigenvalue weighted by molar-refractivity contribution is 7.87. The maximum atomic E-state index is 14.5. The van der Waals surface area contributed by atoms with Gasteiger partial charge in [0.1, 0.15) is 5.75 Å². The van der Waals surface area contributed by atoms with E-state index in [1.54, 1.807) is 13.2 Å². The number of amides is 2. The number of ether oxygens (including phenoxy) is 2. The lowest BCUT2D eigenvalue weighted by molar-refractivity contribution is -0.143. The van der Waals surface area contributed by atoms with Gasteiger partial charge in [0.05, 0.1) is 31.4 Å². The molecular formula is C39H53N5O6S. The van der Waals surface area contributed by atoms with Gasteiger partial charge < -0.3 is 18.9 Å². The Morgan fingerprint density at radius 2 is 1.71 bits per heavy atom. The highest BCUT2D eigenvalue weighted by Crippen LogP contribution is 2.46. The predicted octanol–water partition coefficient (Wildman–Crippen LogP) is 5.31. The van der Waals surface area contributed by atoms with Gasteiger partial charge in [-0.15, -0.1) is 0 Å². The number of carbonyl (C=O) groups is 2. The van der Waals surface area contributed by atoms with E-state index in [1.165, 1.54) is 22.7 Å². The maximum Gasteiger partial charge on any atom is 0.304 e. The SMILES string of the molecule is COc1ccc(-c2c(C3CCCCC3)c3ccc(C(=O)NS(=O)(=O)N4CCOCC4)cc3n2CC(C)(C)C(=O)N2CCN3CCC[C@H]3C2)c(C)c1. The number of carbonyl (C=O) groups excluding carboxylic acids is 2. The number of hydrogen-bond donors (Lipinski definition) is 1. The van der Waals surface area contributed by atoms with Crippen molar-refractivity contribution in [2.45, 2.75) is 84.2 Å². The molecule has 4 aliphatic rings. The van der Waals surface area contributed by atoms with Gasteiger partial charge in [-0.2, -0.15) is 12.7 Å². The van der Waals surface area contributed by atoms with Crippen LogP contribution < -0.4 is 9.46 Å². The smallest absolute Gasteiger partial charge is 0.304 e. The number of piperazine rings is 1. The van der Waals surface area contributed by atoms with E-state index in [-0.39, 0.29) is 37.8 Å².